The number of nitrogens with zero attached hydrogens (tertiary/aromatic N) is 1. The maximum Gasteiger partial charge on any atom is 0.241 e. The van der Waals surface area contributed by atoms with Gasteiger partial charge in [0.15, 0.2) is 0 Å². The van der Waals surface area contributed by atoms with Gasteiger partial charge in [-0.25, -0.2) is 4.39 Å². The van der Waals surface area contributed by atoms with Crippen LogP contribution in [-0.2, 0) is 4.79 Å². The molecule has 6 heteroatoms. The van der Waals surface area contributed by atoms with Gasteiger partial charge < -0.3 is 16.2 Å². The number of benzene rings is 1. The van der Waals surface area contributed by atoms with Gasteiger partial charge >= 0.3 is 0 Å². The number of nitrogen functional groups attached to an aromatic ring is 1. The monoisotopic (exact) mass is 281 g/mol. The summed E-state index contributed by atoms with van der Waals surface area (Å²) >= 11 is 0. The van der Waals surface area contributed by atoms with E-state index in [1.54, 1.807) is 6.92 Å². The molecule has 1 amide bonds. The SMILES string of the molecule is CC(C(=O)Nc1ccc(F)cc1N)N1CCCC1CO. The number of likely N-dealkylation sites (tertiary alicyclic amines) is 1. The third-order valence-corrected chi connectivity index (χ3v) is 3.78. The highest BCUT2D eigenvalue weighted by atomic mass is 19.1. The van der Waals surface area contributed by atoms with Crippen molar-refractivity contribution in [2.75, 3.05) is 24.2 Å². The summed E-state index contributed by atoms with van der Waals surface area (Å²) < 4.78 is 13.0. The first-order valence-electron chi connectivity index (χ1n) is 6.75. The predicted octanol–water partition coefficient (Wildman–Crippen LogP) is 1.19. The number of anilines is 2. The number of amides is 1. The zero-order valence-electron chi connectivity index (χ0n) is 11.5. The Balaban J connectivity index is 2.04. The summed E-state index contributed by atoms with van der Waals surface area (Å²) in [7, 11) is 0. The first-order valence-corrected chi connectivity index (χ1v) is 6.75. The summed E-state index contributed by atoms with van der Waals surface area (Å²) in [6.45, 7) is 2.64. The fraction of sp³-hybridized carbons (Fsp3) is 0.500. The molecule has 1 aliphatic heterocycles. The first-order chi connectivity index (χ1) is 9.52. The van der Waals surface area contributed by atoms with Crippen LogP contribution in [0.15, 0.2) is 18.2 Å². The predicted molar refractivity (Wildman–Crippen MR) is 75.7 cm³/mol. The number of aliphatic hydroxyl groups is 1. The third-order valence-electron chi connectivity index (χ3n) is 3.78. The highest BCUT2D eigenvalue weighted by Crippen LogP contribution is 2.22. The van der Waals surface area contributed by atoms with Crippen molar-refractivity contribution in [3.05, 3.63) is 24.0 Å². The Morgan fingerprint density at radius 2 is 2.40 bits per heavy atom. The zero-order chi connectivity index (χ0) is 14.7. The lowest BCUT2D eigenvalue weighted by Crippen LogP contribution is -2.45. The van der Waals surface area contributed by atoms with Gasteiger partial charge in [0.25, 0.3) is 0 Å². The Labute approximate surface area is 117 Å². The molecule has 1 fully saturated rings. The van der Waals surface area contributed by atoms with Gasteiger partial charge in [-0.05, 0) is 44.5 Å². The van der Waals surface area contributed by atoms with Gasteiger partial charge in [0.1, 0.15) is 5.82 Å². The van der Waals surface area contributed by atoms with Crippen molar-refractivity contribution < 1.29 is 14.3 Å². The van der Waals surface area contributed by atoms with Crippen LogP contribution in [0, 0.1) is 5.82 Å². The van der Waals surface area contributed by atoms with Gasteiger partial charge in [-0.3, -0.25) is 9.69 Å². The number of hydrogen-bond acceptors (Lipinski definition) is 4. The molecular formula is C14H20FN3O2. The van der Waals surface area contributed by atoms with Gasteiger partial charge in [0.2, 0.25) is 5.91 Å². The minimum absolute atomic E-state index is 0.0290. The van der Waals surface area contributed by atoms with E-state index in [2.05, 4.69) is 5.32 Å². The van der Waals surface area contributed by atoms with Crippen LogP contribution >= 0.6 is 0 Å². The Morgan fingerprint density at radius 1 is 1.65 bits per heavy atom. The summed E-state index contributed by atoms with van der Waals surface area (Å²) in [5.74, 6) is -0.642. The molecule has 20 heavy (non-hydrogen) atoms. The Bertz CT molecular complexity index is 495. The summed E-state index contributed by atoms with van der Waals surface area (Å²) in [6, 6.07) is 3.54. The van der Waals surface area contributed by atoms with Crippen LogP contribution in [0.25, 0.3) is 0 Å². The van der Waals surface area contributed by atoms with Crippen molar-refractivity contribution >= 4 is 17.3 Å². The standard InChI is InChI=1S/C14H20FN3O2/c1-9(18-6-2-3-11(18)8-19)14(20)17-13-5-4-10(15)7-12(13)16/h4-5,7,9,11,19H,2-3,6,8,16H2,1H3,(H,17,20). The molecule has 0 saturated carbocycles. The summed E-state index contributed by atoms with van der Waals surface area (Å²) in [6.07, 6.45) is 1.87. The van der Waals surface area contributed by atoms with Crippen molar-refractivity contribution in [1.82, 2.24) is 4.90 Å². The fourth-order valence-corrected chi connectivity index (χ4v) is 2.60. The average molecular weight is 281 g/mol. The van der Waals surface area contributed by atoms with Crippen LogP contribution in [-0.4, -0.2) is 41.1 Å². The number of carbonyl (C=O) groups is 1. The lowest BCUT2D eigenvalue weighted by Gasteiger charge is -2.28. The van der Waals surface area contributed by atoms with E-state index in [-0.39, 0.29) is 30.3 Å². The molecule has 1 aromatic carbocycles. The van der Waals surface area contributed by atoms with Crippen LogP contribution in [0.3, 0.4) is 0 Å². The number of aliphatic hydroxyl groups excluding tert-OH is 1. The van der Waals surface area contributed by atoms with Gasteiger partial charge in [-0.2, -0.15) is 0 Å². The first kappa shape index (κ1) is 14.7. The molecule has 2 rings (SSSR count). The van der Waals surface area contributed by atoms with E-state index in [0.717, 1.165) is 19.4 Å². The number of rotatable bonds is 4. The van der Waals surface area contributed by atoms with E-state index in [0.29, 0.717) is 5.69 Å². The van der Waals surface area contributed by atoms with Crippen LogP contribution in [0.1, 0.15) is 19.8 Å². The van der Waals surface area contributed by atoms with Crippen molar-refractivity contribution in [2.24, 2.45) is 0 Å². The second kappa shape index (κ2) is 6.19. The molecule has 2 atom stereocenters. The normalized spacial score (nSPS) is 20.9. The van der Waals surface area contributed by atoms with Crippen molar-refractivity contribution in [3.8, 4) is 0 Å². The topological polar surface area (TPSA) is 78.6 Å². The molecule has 0 aliphatic carbocycles. The van der Waals surface area contributed by atoms with Gasteiger partial charge in [-0.15, -0.1) is 0 Å². The van der Waals surface area contributed by atoms with Gasteiger partial charge in [0.05, 0.1) is 24.0 Å². The molecule has 0 spiro atoms. The largest absolute Gasteiger partial charge is 0.397 e. The maximum absolute atomic E-state index is 13.0. The highest BCUT2D eigenvalue weighted by molar-refractivity contribution is 5.97. The Morgan fingerprint density at radius 3 is 3.05 bits per heavy atom. The summed E-state index contributed by atoms with van der Waals surface area (Å²) in [4.78, 5) is 14.2. The van der Waals surface area contributed by atoms with Crippen molar-refractivity contribution in [1.29, 1.82) is 0 Å². The second-order valence-corrected chi connectivity index (χ2v) is 5.11. The van der Waals surface area contributed by atoms with Crippen LogP contribution in [0.5, 0.6) is 0 Å². The molecule has 1 aliphatic rings. The van der Waals surface area contributed by atoms with E-state index in [1.807, 2.05) is 4.90 Å². The van der Waals surface area contributed by atoms with E-state index in [4.69, 9.17) is 5.73 Å². The van der Waals surface area contributed by atoms with E-state index in [1.165, 1.54) is 18.2 Å². The summed E-state index contributed by atoms with van der Waals surface area (Å²) in [5.41, 5.74) is 6.27. The molecular weight excluding hydrogens is 261 g/mol. The number of hydrogen-bond donors (Lipinski definition) is 3. The van der Waals surface area contributed by atoms with Crippen LogP contribution < -0.4 is 11.1 Å². The average Bonchev–Trinajstić information content (AvgIpc) is 2.89. The molecule has 5 nitrogen and oxygen atoms in total. The van der Waals surface area contributed by atoms with Crippen molar-refractivity contribution in [3.63, 3.8) is 0 Å². The molecule has 4 N–H and O–H groups in total. The lowest BCUT2D eigenvalue weighted by molar-refractivity contribution is -0.121. The Kier molecular flexibility index (Phi) is 4.57. The lowest BCUT2D eigenvalue weighted by atomic mass is 10.2. The van der Waals surface area contributed by atoms with Crippen LogP contribution in [0.2, 0.25) is 0 Å². The summed E-state index contributed by atoms with van der Waals surface area (Å²) in [5, 5.41) is 12.0. The molecule has 2 unspecified atom stereocenters. The van der Waals surface area contributed by atoms with E-state index < -0.39 is 5.82 Å². The quantitative estimate of drug-likeness (QED) is 0.724. The van der Waals surface area contributed by atoms with Gasteiger partial charge in [-0.1, -0.05) is 0 Å². The molecule has 1 heterocycles. The molecule has 0 aromatic heterocycles. The molecule has 1 aromatic rings. The minimum Gasteiger partial charge on any atom is -0.397 e. The van der Waals surface area contributed by atoms with E-state index >= 15 is 0 Å². The Hall–Kier alpha value is -1.66. The van der Waals surface area contributed by atoms with Crippen molar-refractivity contribution in [2.45, 2.75) is 31.8 Å². The number of halogens is 1. The number of carbonyl (C=O) groups excluding carboxylic acids is 1. The molecule has 110 valence electrons. The minimum atomic E-state index is -0.437. The molecule has 0 radical (unpaired) electrons. The third kappa shape index (κ3) is 3.08. The second-order valence-electron chi connectivity index (χ2n) is 5.11. The smallest absolute Gasteiger partial charge is 0.241 e. The maximum atomic E-state index is 13.0. The molecule has 1 saturated heterocycles. The number of nitrogens with one attached hydrogen (secondary N) is 1. The van der Waals surface area contributed by atoms with E-state index in [9.17, 15) is 14.3 Å². The van der Waals surface area contributed by atoms with Crippen LogP contribution in [0.4, 0.5) is 15.8 Å². The fourth-order valence-electron chi connectivity index (χ4n) is 2.60. The zero-order valence-corrected chi connectivity index (χ0v) is 11.5. The van der Waals surface area contributed by atoms with Gasteiger partial charge in [0, 0.05) is 6.04 Å². The highest BCUT2D eigenvalue weighted by Gasteiger charge is 2.31. The number of nitrogens with two attached hydrogens (primary N) is 1. The molecule has 0 bridgehead atoms.